The summed E-state index contributed by atoms with van der Waals surface area (Å²) < 4.78 is 5.25. The average molecular weight is 262 g/mol. The van der Waals surface area contributed by atoms with Gasteiger partial charge in [-0.15, -0.1) is 0 Å². The Hall–Kier alpha value is -1.39. The van der Waals surface area contributed by atoms with E-state index in [1.54, 1.807) is 7.11 Å². The first-order valence-electron chi connectivity index (χ1n) is 6.77. The van der Waals surface area contributed by atoms with Crippen molar-refractivity contribution in [2.75, 3.05) is 19.0 Å². The van der Waals surface area contributed by atoms with Crippen molar-refractivity contribution in [3.8, 4) is 0 Å². The summed E-state index contributed by atoms with van der Waals surface area (Å²) in [7, 11) is 1.68. The number of hydrogen-bond donors (Lipinski definition) is 2. The first kappa shape index (κ1) is 14.0. The van der Waals surface area contributed by atoms with Gasteiger partial charge in [0, 0.05) is 19.3 Å². The van der Waals surface area contributed by atoms with Crippen molar-refractivity contribution in [2.24, 2.45) is 0 Å². The number of amides is 1. The lowest BCUT2D eigenvalue weighted by Crippen LogP contribution is -2.35. The highest BCUT2D eigenvalue weighted by Crippen LogP contribution is 2.19. The molecule has 1 aliphatic rings. The van der Waals surface area contributed by atoms with Crippen LogP contribution in [0, 0.1) is 0 Å². The minimum Gasteiger partial charge on any atom is -0.380 e. The van der Waals surface area contributed by atoms with Gasteiger partial charge in [0.2, 0.25) is 5.91 Å². The van der Waals surface area contributed by atoms with Crippen LogP contribution in [0.15, 0.2) is 24.3 Å². The minimum absolute atomic E-state index is 0.0143. The molecule has 2 atom stereocenters. The standard InChI is InChI=1S/C15H22N2O2/c1-10(2)11-5-4-6-12(7-11)17-15(18)14-8-13(19-3)9-16-14/h4-7,10,13-14,16H,8-9H2,1-3H3,(H,17,18). The van der Waals surface area contributed by atoms with Crippen LogP contribution in [0.25, 0.3) is 0 Å². The van der Waals surface area contributed by atoms with E-state index in [-0.39, 0.29) is 18.1 Å². The summed E-state index contributed by atoms with van der Waals surface area (Å²) in [4.78, 5) is 12.1. The summed E-state index contributed by atoms with van der Waals surface area (Å²) in [5.41, 5.74) is 2.09. The fraction of sp³-hybridized carbons (Fsp3) is 0.533. The third-order valence-corrected chi connectivity index (χ3v) is 3.56. The topological polar surface area (TPSA) is 50.4 Å². The lowest BCUT2D eigenvalue weighted by Gasteiger charge is -2.13. The van der Waals surface area contributed by atoms with E-state index < -0.39 is 0 Å². The maximum Gasteiger partial charge on any atom is 0.241 e. The number of hydrogen-bond acceptors (Lipinski definition) is 3. The largest absolute Gasteiger partial charge is 0.380 e. The number of benzene rings is 1. The Kier molecular flexibility index (Phi) is 4.56. The van der Waals surface area contributed by atoms with Crippen molar-refractivity contribution in [2.45, 2.75) is 38.3 Å². The molecule has 2 unspecified atom stereocenters. The van der Waals surface area contributed by atoms with Gasteiger partial charge in [-0.3, -0.25) is 4.79 Å². The predicted molar refractivity (Wildman–Crippen MR) is 76.4 cm³/mol. The average Bonchev–Trinajstić information content (AvgIpc) is 2.88. The third-order valence-electron chi connectivity index (χ3n) is 3.56. The Morgan fingerprint density at radius 2 is 2.26 bits per heavy atom. The van der Waals surface area contributed by atoms with E-state index in [0.29, 0.717) is 5.92 Å². The first-order valence-corrected chi connectivity index (χ1v) is 6.77. The third kappa shape index (κ3) is 3.55. The quantitative estimate of drug-likeness (QED) is 0.874. The molecule has 0 saturated carbocycles. The maximum atomic E-state index is 12.1. The van der Waals surface area contributed by atoms with E-state index in [1.165, 1.54) is 5.56 Å². The molecule has 1 heterocycles. The smallest absolute Gasteiger partial charge is 0.241 e. The lowest BCUT2D eigenvalue weighted by molar-refractivity contribution is -0.118. The fourth-order valence-electron chi connectivity index (χ4n) is 2.29. The molecule has 0 spiro atoms. The molecular formula is C15H22N2O2. The predicted octanol–water partition coefficient (Wildman–Crippen LogP) is 2.13. The Bertz CT molecular complexity index is 446. The molecule has 0 aliphatic carbocycles. The summed E-state index contributed by atoms with van der Waals surface area (Å²) in [6, 6.07) is 7.85. The zero-order valence-corrected chi connectivity index (χ0v) is 11.8. The van der Waals surface area contributed by atoms with Crippen LogP contribution in [-0.4, -0.2) is 31.7 Å². The molecule has 4 nitrogen and oxygen atoms in total. The molecule has 1 aromatic rings. The summed E-state index contributed by atoms with van der Waals surface area (Å²) in [5.74, 6) is 0.472. The summed E-state index contributed by atoms with van der Waals surface area (Å²) in [6.45, 7) is 5.02. The van der Waals surface area contributed by atoms with Gasteiger partial charge in [-0.25, -0.2) is 0 Å². The molecule has 0 aromatic heterocycles. The molecular weight excluding hydrogens is 240 g/mol. The monoisotopic (exact) mass is 262 g/mol. The normalized spacial score (nSPS) is 22.7. The Balaban J connectivity index is 1.97. The van der Waals surface area contributed by atoms with Crippen molar-refractivity contribution in [3.05, 3.63) is 29.8 Å². The van der Waals surface area contributed by atoms with Crippen molar-refractivity contribution < 1.29 is 9.53 Å². The molecule has 1 aliphatic heterocycles. The highest BCUT2D eigenvalue weighted by Gasteiger charge is 2.29. The van der Waals surface area contributed by atoms with Gasteiger partial charge in [0.1, 0.15) is 0 Å². The molecule has 2 N–H and O–H groups in total. The lowest BCUT2D eigenvalue weighted by atomic mass is 10.0. The molecule has 104 valence electrons. The molecule has 0 radical (unpaired) electrons. The van der Waals surface area contributed by atoms with E-state index in [0.717, 1.165) is 18.7 Å². The summed E-state index contributed by atoms with van der Waals surface area (Å²) in [6.07, 6.45) is 0.865. The zero-order chi connectivity index (χ0) is 13.8. The van der Waals surface area contributed by atoms with E-state index in [4.69, 9.17) is 4.74 Å². The fourth-order valence-corrected chi connectivity index (χ4v) is 2.29. The molecule has 1 saturated heterocycles. The number of ether oxygens (including phenoxy) is 1. The number of anilines is 1. The van der Waals surface area contributed by atoms with Gasteiger partial charge in [0.15, 0.2) is 0 Å². The maximum absolute atomic E-state index is 12.1. The van der Waals surface area contributed by atoms with Crippen LogP contribution in [0.1, 0.15) is 31.7 Å². The van der Waals surface area contributed by atoms with Gasteiger partial charge in [-0.2, -0.15) is 0 Å². The van der Waals surface area contributed by atoms with Gasteiger partial charge < -0.3 is 15.4 Å². The van der Waals surface area contributed by atoms with Crippen molar-refractivity contribution in [1.29, 1.82) is 0 Å². The molecule has 0 bridgehead atoms. The molecule has 1 amide bonds. The van der Waals surface area contributed by atoms with E-state index in [9.17, 15) is 4.79 Å². The van der Waals surface area contributed by atoms with E-state index in [2.05, 4.69) is 30.5 Å². The van der Waals surface area contributed by atoms with Gasteiger partial charge in [0.05, 0.1) is 12.1 Å². The van der Waals surface area contributed by atoms with E-state index in [1.807, 2.05) is 18.2 Å². The molecule has 2 rings (SSSR count). The van der Waals surface area contributed by atoms with Crippen LogP contribution in [-0.2, 0) is 9.53 Å². The summed E-state index contributed by atoms with van der Waals surface area (Å²) in [5, 5.41) is 6.14. The second kappa shape index (κ2) is 6.17. The molecule has 1 aromatic carbocycles. The van der Waals surface area contributed by atoms with Crippen LogP contribution >= 0.6 is 0 Å². The van der Waals surface area contributed by atoms with Gasteiger partial charge >= 0.3 is 0 Å². The molecule has 1 fully saturated rings. The van der Waals surface area contributed by atoms with Crippen LogP contribution in [0.4, 0.5) is 5.69 Å². The number of nitrogens with one attached hydrogen (secondary N) is 2. The Morgan fingerprint density at radius 3 is 2.89 bits per heavy atom. The number of rotatable bonds is 4. The second-order valence-corrected chi connectivity index (χ2v) is 5.32. The Labute approximate surface area is 114 Å². The van der Waals surface area contributed by atoms with Gasteiger partial charge in [0.25, 0.3) is 0 Å². The number of methoxy groups -OCH3 is 1. The van der Waals surface area contributed by atoms with Crippen molar-refractivity contribution in [3.63, 3.8) is 0 Å². The highest BCUT2D eigenvalue weighted by atomic mass is 16.5. The van der Waals surface area contributed by atoms with Crippen molar-refractivity contribution in [1.82, 2.24) is 5.32 Å². The van der Waals surface area contributed by atoms with Gasteiger partial charge in [-0.05, 0) is 30.0 Å². The van der Waals surface area contributed by atoms with Crippen molar-refractivity contribution >= 4 is 11.6 Å². The number of carbonyl (C=O) groups excluding carboxylic acids is 1. The van der Waals surface area contributed by atoms with Crippen LogP contribution in [0.3, 0.4) is 0 Å². The van der Waals surface area contributed by atoms with Crippen LogP contribution < -0.4 is 10.6 Å². The number of carbonyl (C=O) groups is 1. The first-order chi connectivity index (χ1) is 9.10. The van der Waals surface area contributed by atoms with Crippen LogP contribution in [0.2, 0.25) is 0 Å². The minimum atomic E-state index is -0.160. The summed E-state index contributed by atoms with van der Waals surface area (Å²) >= 11 is 0. The SMILES string of the molecule is COC1CNC(C(=O)Nc2cccc(C(C)C)c2)C1. The zero-order valence-electron chi connectivity index (χ0n) is 11.8. The van der Waals surface area contributed by atoms with E-state index >= 15 is 0 Å². The van der Waals surface area contributed by atoms with Crippen LogP contribution in [0.5, 0.6) is 0 Å². The second-order valence-electron chi connectivity index (χ2n) is 5.32. The highest BCUT2D eigenvalue weighted by molar-refractivity contribution is 5.95. The Morgan fingerprint density at radius 1 is 1.47 bits per heavy atom. The molecule has 4 heteroatoms. The van der Waals surface area contributed by atoms with Gasteiger partial charge in [-0.1, -0.05) is 26.0 Å². The molecule has 19 heavy (non-hydrogen) atoms.